The van der Waals surface area contributed by atoms with Crippen LogP contribution in [0.15, 0.2) is 30.5 Å². The molecule has 2 aromatic rings. The van der Waals surface area contributed by atoms with Gasteiger partial charge in [0, 0.05) is 44.9 Å². The molecule has 0 radical (unpaired) electrons. The zero-order valence-corrected chi connectivity index (χ0v) is 20.0. The summed E-state index contributed by atoms with van der Waals surface area (Å²) in [5.41, 5.74) is 4.06. The molecule has 1 saturated heterocycles. The molecular formula is C25H33N5O4. The van der Waals surface area contributed by atoms with Gasteiger partial charge in [-0.1, -0.05) is 12.1 Å². The van der Waals surface area contributed by atoms with Crippen LogP contribution in [0.2, 0.25) is 0 Å². The number of carbonyl (C=O) groups is 1. The molecule has 2 N–H and O–H groups in total. The topological polar surface area (TPSA) is 110 Å². The molecule has 1 fully saturated rings. The quantitative estimate of drug-likeness (QED) is 0.578. The Morgan fingerprint density at radius 3 is 2.82 bits per heavy atom. The van der Waals surface area contributed by atoms with Crippen LogP contribution in [0.4, 0.5) is 5.82 Å². The number of aromatic nitrogens is 3. The SMILES string of the molecule is COC[C@@H](C)Oc1nc(C(=O)N[C@H](C)CO)cc(N2CCC(C3=CCc4ncccc43)CC2)n1. The zero-order valence-electron chi connectivity index (χ0n) is 20.0. The van der Waals surface area contributed by atoms with Crippen molar-refractivity contribution in [3.63, 3.8) is 0 Å². The molecule has 1 aliphatic heterocycles. The molecule has 2 aromatic heterocycles. The molecule has 0 saturated carbocycles. The molecule has 1 amide bonds. The highest BCUT2D eigenvalue weighted by Gasteiger charge is 2.28. The Hall–Kier alpha value is -3.04. The summed E-state index contributed by atoms with van der Waals surface area (Å²) >= 11 is 0. The summed E-state index contributed by atoms with van der Waals surface area (Å²) in [5, 5.41) is 12.0. The summed E-state index contributed by atoms with van der Waals surface area (Å²) in [6.07, 6.45) is 6.79. The summed E-state index contributed by atoms with van der Waals surface area (Å²) in [6.45, 7) is 5.45. The summed E-state index contributed by atoms with van der Waals surface area (Å²) < 4.78 is 11.0. The fraction of sp³-hybridized carbons (Fsp3) is 0.520. The number of pyridine rings is 1. The van der Waals surface area contributed by atoms with Crippen molar-refractivity contribution in [3.05, 3.63) is 47.4 Å². The standard InChI is InChI=1S/C25H33N5O4/c1-16(14-31)27-24(32)22-13-23(29-25(28-22)34-17(2)15-33-3)30-11-8-18(9-12-30)19-6-7-21-20(19)5-4-10-26-21/h4-6,10,13,16-18,31H,7-9,11-12,14-15H2,1-3H3,(H,27,32)/t16-,17-/m1/s1. The lowest BCUT2D eigenvalue weighted by Crippen LogP contribution is -2.37. The van der Waals surface area contributed by atoms with Crippen molar-refractivity contribution >= 4 is 17.3 Å². The fourth-order valence-electron chi connectivity index (χ4n) is 4.52. The summed E-state index contributed by atoms with van der Waals surface area (Å²) in [4.78, 5) is 28.3. The lowest BCUT2D eigenvalue weighted by molar-refractivity contribution is 0.0839. The van der Waals surface area contributed by atoms with Crippen LogP contribution in [-0.2, 0) is 11.2 Å². The highest BCUT2D eigenvalue weighted by molar-refractivity contribution is 5.93. The van der Waals surface area contributed by atoms with Crippen molar-refractivity contribution in [3.8, 4) is 6.01 Å². The van der Waals surface area contributed by atoms with Gasteiger partial charge in [0.2, 0.25) is 0 Å². The first-order valence-corrected chi connectivity index (χ1v) is 11.8. The van der Waals surface area contributed by atoms with E-state index in [1.165, 1.54) is 11.1 Å². The van der Waals surface area contributed by atoms with Gasteiger partial charge in [-0.15, -0.1) is 0 Å². The predicted octanol–water partition coefficient (Wildman–Crippen LogP) is 2.25. The van der Waals surface area contributed by atoms with E-state index in [1.54, 1.807) is 20.1 Å². The van der Waals surface area contributed by atoms with Gasteiger partial charge in [-0.25, -0.2) is 0 Å². The normalized spacial score (nSPS) is 17.6. The van der Waals surface area contributed by atoms with Gasteiger partial charge in [0.05, 0.1) is 18.9 Å². The number of aliphatic hydroxyl groups is 1. The number of carbonyl (C=O) groups excluding carboxylic acids is 1. The molecule has 0 aromatic carbocycles. The van der Waals surface area contributed by atoms with Gasteiger partial charge < -0.3 is 24.8 Å². The van der Waals surface area contributed by atoms with Crippen molar-refractivity contribution in [2.24, 2.45) is 5.92 Å². The molecule has 2 aliphatic rings. The lowest BCUT2D eigenvalue weighted by atomic mass is 9.86. The number of ether oxygens (including phenoxy) is 2. The lowest BCUT2D eigenvalue weighted by Gasteiger charge is -2.34. The minimum absolute atomic E-state index is 0.143. The Morgan fingerprint density at radius 2 is 2.09 bits per heavy atom. The molecule has 0 spiro atoms. The van der Waals surface area contributed by atoms with Crippen LogP contribution in [0.1, 0.15) is 48.4 Å². The largest absolute Gasteiger partial charge is 0.458 e. The molecule has 1 aliphatic carbocycles. The van der Waals surface area contributed by atoms with Crippen molar-refractivity contribution in [2.45, 2.75) is 45.3 Å². The Labute approximate surface area is 200 Å². The molecule has 9 heteroatoms. The molecule has 0 unspecified atom stereocenters. The summed E-state index contributed by atoms with van der Waals surface area (Å²) in [5.74, 6) is 0.774. The van der Waals surface area contributed by atoms with E-state index in [2.05, 4.69) is 37.3 Å². The summed E-state index contributed by atoms with van der Waals surface area (Å²) in [7, 11) is 1.60. The first-order chi connectivity index (χ1) is 16.5. The fourth-order valence-corrected chi connectivity index (χ4v) is 4.52. The average Bonchev–Trinajstić information content (AvgIpc) is 3.28. The molecular weight excluding hydrogens is 434 g/mol. The number of methoxy groups -OCH3 is 1. The Balaban J connectivity index is 1.50. The highest BCUT2D eigenvalue weighted by atomic mass is 16.5. The number of allylic oxidation sites excluding steroid dienone is 2. The molecule has 182 valence electrons. The molecule has 3 heterocycles. The van der Waals surface area contributed by atoms with E-state index in [1.807, 2.05) is 19.2 Å². The number of rotatable bonds is 9. The van der Waals surface area contributed by atoms with Crippen molar-refractivity contribution in [1.29, 1.82) is 0 Å². The second-order valence-electron chi connectivity index (χ2n) is 8.96. The minimum atomic E-state index is -0.379. The van der Waals surface area contributed by atoms with Crippen LogP contribution >= 0.6 is 0 Å². The maximum atomic E-state index is 12.7. The van der Waals surface area contributed by atoms with E-state index in [4.69, 9.17) is 9.47 Å². The average molecular weight is 468 g/mol. The second-order valence-corrected chi connectivity index (χ2v) is 8.96. The van der Waals surface area contributed by atoms with Gasteiger partial charge in [-0.3, -0.25) is 9.78 Å². The maximum Gasteiger partial charge on any atom is 0.319 e. The van der Waals surface area contributed by atoms with Gasteiger partial charge in [-0.2, -0.15) is 9.97 Å². The molecule has 9 nitrogen and oxygen atoms in total. The highest BCUT2D eigenvalue weighted by Crippen LogP contribution is 2.37. The van der Waals surface area contributed by atoms with Crippen LogP contribution in [0.3, 0.4) is 0 Å². The molecule has 0 bridgehead atoms. The first-order valence-electron chi connectivity index (χ1n) is 11.8. The third-order valence-electron chi connectivity index (χ3n) is 6.26. The van der Waals surface area contributed by atoms with Gasteiger partial charge in [0.25, 0.3) is 5.91 Å². The van der Waals surface area contributed by atoms with E-state index in [0.29, 0.717) is 18.3 Å². The van der Waals surface area contributed by atoms with Crippen LogP contribution in [-0.4, -0.2) is 71.5 Å². The Kier molecular flexibility index (Phi) is 7.74. The Morgan fingerprint density at radius 1 is 1.29 bits per heavy atom. The maximum absolute atomic E-state index is 12.7. The van der Waals surface area contributed by atoms with Gasteiger partial charge in [-0.05, 0) is 49.8 Å². The number of piperidine rings is 1. The predicted molar refractivity (Wildman–Crippen MR) is 129 cm³/mol. The van der Waals surface area contributed by atoms with Crippen molar-refractivity contribution in [1.82, 2.24) is 20.3 Å². The molecule has 2 atom stereocenters. The second kappa shape index (κ2) is 10.9. The van der Waals surface area contributed by atoms with Crippen LogP contribution in [0.5, 0.6) is 6.01 Å². The van der Waals surface area contributed by atoms with Crippen LogP contribution < -0.4 is 15.0 Å². The third-order valence-corrected chi connectivity index (χ3v) is 6.26. The number of aliphatic hydroxyl groups excluding tert-OH is 1. The van der Waals surface area contributed by atoms with Gasteiger partial charge in [0.1, 0.15) is 17.6 Å². The number of nitrogens with one attached hydrogen (secondary N) is 1. The number of hydrogen-bond acceptors (Lipinski definition) is 8. The van der Waals surface area contributed by atoms with E-state index < -0.39 is 0 Å². The molecule has 34 heavy (non-hydrogen) atoms. The number of fused-ring (bicyclic) bond motifs is 1. The smallest absolute Gasteiger partial charge is 0.319 e. The van der Waals surface area contributed by atoms with E-state index in [-0.39, 0.29) is 36.4 Å². The van der Waals surface area contributed by atoms with E-state index >= 15 is 0 Å². The summed E-state index contributed by atoms with van der Waals surface area (Å²) in [6, 6.07) is 5.63. The number of amides is 1. The molecule has 4 rings (SSSR count). The number of nitrogens with zero attached hydrogens (tertiary/aromatic N) is 4. The zero-order chi connectivity index (χ0) is 24.1. The van der Waals surface area contributed by atoms with Crippen molar-refractivity contribution < 1.29 is 19.4 Å². The number of hydrogen-bond donors (Lipinski definition) is 2. The van der Waals surface area contributed by atoms with Crippen LogP contribution in [0.25, 0.3) is 5.57 Å². The minimum Gasteiger partial charge on any atom is -0.458 e. The van der Waals surface area contributed by atoms with E-state index in [0.717, 1.165) is 38.0 Å². The monoisotopic (exact) mass is 467 g/mol. The van der Waals surface area contributed by atoms with Crippen LogP contribution in [0, 0.1) is 5.92 Å². The first kappa shape index (κ1) is 24.1. The Bertz CT molecular complexity index is 1040. The van der Waals surface area contributed by atoms with Gasteiger partial charge in [0.15, 0.2) is 0 Å². The van der Waals surface area contributed by atoms with Gasteiger partial charge >= 0.3 is 6.01 Å². The van der Waals surface area contributed by atoms with E-state index in [9.17, 15) is 9.90 Å². The number of anilines is 1. The third kappa shape index (κ3) is 5.53. The van der Waals surface area contributed by atoms with Crippen molar-refractivity contribution in [2.75, 3.05) is 38.3 Å².